The number of aromatic nitrogens is 2. The van der Waals surface area contributed by atoms with Crippen LogP contribution in [0.1, 0.15) is 5.56 Å². The summed E-state index contributed by atoms with van der Waals surface area (Å²) in [5.74, 6) is -0.166. The van der Waals surface area contributed by atoms with Crippen LogP contribution in [0.3, 0.4) is 0 Å². The van der Waals surface area contributed by atoms with E-state index in [4.69, 9.17) is 17.3 Å². The molecule has 2 rings (SSSR count). The maximum absolute atomic E-state index is 12.1. The number of nitrogens with zero attached hydrogens (tertiary/aromatic N) is 1. The van der Waals surface area contributed by atoms with E-state index in [0.29, 0.717) is 10.6 Å². The summed E-state index contributed by atoms with van der Waals surface area (Å²) in [6, 6.07) is 8.55. The number of nitrogens with two attached hydrogens (primary N) is 1. The first-order valence-corrected chi connectivity index (χ1v) is 7.92. The molecule has 0 bridgehead atoms. The van der Waals surface area contributed by atoms with Gasteiger partial charge < -0.3 is 5.73 Å². The summed E-state index contributed by atoms with van der Waals surface area (Å²) in [6.45, 7) is 0.149. The van der Waals surface area contributed by atoms with Crippen molar-refractivity contribution in [3.8, 4) is 0 Å². The van der Waals surface area contributed by atoms with Crippen molar-refractivity contribution in [2.75, 3.05) is 12.3 Å². The fourth-order valence-electron chi connectivity index (χ4n) is 1.73. The lowest BCUT2D eigenvalue weighted by molar-refractivity contribution is 0.594. The van der Waals surface area contributed by atoms with E-state index >= 15 is 0 Å². The molecule has 1 aromatic heterocycles. The maximum atomic E-state index is 12.1. The van der Waals surface area contributed by atoms with Crippen molar-refractivity contribution >= 4 is 27.5 Å². The Balaban J connectivity index is 2.26. The topological polar surface area (TPSA) is 88.8 Å². The lowest BCUT2D eigenvalue weighted by Gasteiger charge is -2.05. The fraction of sp³-hybridized carbons (Fsp3) is 0.154. The van der Waals surface area contributed by atoms with Crippen molar-refractivity contribution in [1.82, 2.24) is 10.2 Å². The maximum Gasteiger partial charge on any atom is 0.201 e. The normalized spacial score (nSPS) is 12.6. The van der Waals surface area contributed by atoms with Crippen LogP contribution < -0.4 is 5.73 Å². The van der Waals surface area contributed by atoms with Crippen molar-refractivity contribution in [2.24, 2.45) is 5.73 Å². The van der Waals surface area contributed by atoms with E-state index in [-0.39, 0.29) is 17.3 Å². The van der Waals surface area contributed by atoms with Gasteiger partial charge in [0.1, 0.15) is 0 Å². The quantitative estimate of drug-likeness (QED) is 0.882. The monoisotopic (exact) mass is 311 g/mol. The van der Waals surface area contributed by atoms with Crippen molar-refractivity contribution in [1.29, 1.82) is 0 Å². The smallest absolute Gasteiger partial charge is 0.201 e. The molecule has 0 atom stereocenters. The van der Waals surface area contributed by atoms with Gasteiger partial charge in [0.25, 0.3) is 0 Å². The summed E-state index contributed by atoms with van der Waals surface area (Å²) in [4.78, 5) is 0. The van der Waals surface area contributed by atoms with Gasteiger partial charge in [0.2, 0.25) is 9.84 Å². The Kier molecular flexibility index (Phi) is 4.59. The average molecular weight is 312 g/mol. The van der Waals surface area contributed by atoms with Gasteiger partial charge in [-0.1, -0.05) is 29.8 Å². The number of hydrogen-bond acceptors (Lipinski definition) is 4. The number of benzene rings is 1. The lowest BCUT2D eigenvalue weighted by Crippen LogP contribution is -2.15. The molecule has 0 fully saturated rings. The molecule has 0 aliphatic rings. The predicted octanol–water partition coefficient (Wildman–Crippen LogP) is 1.88. The second-order valence-electron chi connectivity index (χ2n) is 4.23. The van der Waals surface area contributed by atoms with Crippen LogP contribution in [-0.2, 0) is 9.84 Å². The van der Waals surface area contributed by atoms with Crippen molar-refractivity contribution in [3.05, 3.63) is 52.7 Å². The second kappa shape index (κ2) is 6.21. The van der Waals surface area contributed by atoms with E-state index in [1.807, 2.05) is 6.07 Å². The van der Waals surface area contributed by atoms with E-state index in [9.17, 15) is 8.42 Å². The van der Waals surface area contributed by atoms with Crippen LogP contribution in [0.4, 0.5) is 0 Å². The zero-order valence-corrected chi connectivity index (χ0v) is 12.2. The molecule has 5 nitrogen and oxygen atoms in total. The Morgan fingerprint density at radius 3 is 2.80 bits per heavy atom. The predicted molar refractivity (Wildman–Crippen MR) is 79.1 cm³/mol. The number of hydrogen-bond donors (Lipinski definition) is 2. The van der Waals surface area contributed by atoms with Crippen LogP contribution in [-0.4, -0.2) is 30.9 Å². The molecule has 0 saturated carbocycles. The largest absolute Gasteiger partial charge is 0.327 e. The van der Waals surface area contributed by atoms with Gasteiger partial charge >= 0.3 is 0 Å². The van der Waals surface area contributed by atoms with E-state index < -0.39 is 9.84 Å². The van der Waals surface area contributed by atoms with E-state index in [2.05, 4.69) is 10.2 Å². The third kappa shape index (κ3) is 3.69. The molecule has 0 spiro atoms. The van der Waals surface area contributed by atoms with Gasteiger partial charge in [0.15, 0.2) is 5.03 Å². The Bertz CT molecular complexity index is 709. The van der Waals surface area contributed by atoms with Crippen LogP contribution in [0.5, 0.6) is 0 Å². The molecule has 2 aromatic rings. The SMILES string of the molecule is NCC(=Cc1cccc(Cl)c1)CS(=O)(=O)c1cc[nH]n1. The summed E-state index contributed by atoms with van der Waals surface area (Å²) < 4.78 is 24.2. The number of nitrogens with one attached hydrogen (secondary N) is 1. The summed E-state index contributed by atoms with van der Waals surface area (Å²) in [6.07, 6.45) is 3.20. The van der Waals surface area contributed by atoms with E-state index in [1.165, 1.54) is 12.3 Å². The minimum absolute atomic E-state index is 0.0166. The Labute approximate surface area is 122 Å². The number of rotatable bonds is 5. The number of H-pyrrole nitrogens is 1. The molecular weight excluding hydrogens is 298 g/mol. The summed E-state index contributed by atoms with van der Waals surface area (Å²) in [5.41, 5.74) is 7.03. The van der Waals surface area contributed by atoms with Crippen molar-refractivity contribution < 1.29 is 8.42 Å². The molecule has 0 aliphatic heterocycles. The van der Waals surface area contributed by atoms with Crippen molar-refractivity contribution in [2.45, 2.75) is 5.03 Å². The first kappa shape index (κ1) is 14.8. The minimum atomic E-state index is -3.48. The van der Waals surface area contributed by atoms with Crippen LogP contribution in [0.25, 0.3) is 6.08 Å². The number of sulfone groups is 1. The van der Waals surface area contributed by atoms with Gasteiger partial charge in [0, 0.05) is 17.8 Å². The molecule has 3 N–H and O–H groups in total. The highest BCUT2D eigenvalue weighted by molar-refractivity contribution is 7.91. The minimum Gasteiger partial charge on any atom is -0.327 e. The fourth-order valence-corrected chi connectivity index (χ4v) is 3.23. The first-order valence-electron chi connectivity index (χ1n) is 5.89. The number of halogens is 1. The third-order valence-corrected chi connectivity index (χ3v) is 4.50. The van der Waals surface area contributed by atoms with Crippen molar-refractivity contribution in [3.63, 3.8) is 0 Å². The van der Waals surface area contributed by atoms with Gasteiger partial charge in [-0.05, 0) is 29.3 Å². The molecule has 106 valence electrons. The van der Waals surface area contributed by atoms with Gasteiger partial charge in [-0.25, -0.2) is 8.42 Å². The highest BCUT2D eigenvalue weighted by atomic mass is 35.5. The van der Waals surface area contributed by atoms with Gasteiger partial charge in [-0.15, -0.1) is 0 Å². The molecule has 0 saturated heterocycles. The molecule has 7 heteroatoms. The van der Waals surface area contributed by atoms with E-state index in [1.54, 1.807) is 24.3 Å². The summed E-state index contributed by atoms with van der Waals surface area (Å²) in [7, 11) is -3.48. The number of aromatic amines is 1. The highest BCUT2D eigenvalue weighted by Crippen LogP contribution is 2.16. The van der Waals surface area contributed by atoms with Gasteiger partial charge in [0.05, 0.1) is 5.75 Å². The molecule has 0 unspecified atom stereocenters. The third-order valence-electron chi connectivity index (χ3n) is 2.65. The Morgan fingerprint density at radius 1 is 1.40 bits per heavy atom. The van der Waals surface area contributed by atoms with Gasteiger partial charge in [-0.3, -0.25) is 5.10 Å². The average Bonchev–Trinajstić information content (AvgIpc) is 2.92. The molecular formula is C13H14ClN3O2S. The second-order valence-corrected chi connectivity index (χ2v) is 6.61. The van der Waals surface area contributed by atoms with Crippen LogP contribution >= 0.6 is 11.6 Å². The summed E-state index contributed by atoms with van der Waals surface area (Å²) in [5, 5.41) is 6.79. The molecule has 1 aromatic carbocycles. The molecule has 20 heavy (non-hydrogen) atoms. The van der Waals surface area contributed by atoms with Crippen LogP contribution in [0.15, 0.2) is 47.1 Å². The first-order chi connectivity index (χ1) is 9.51. The standard InChI is InChI=1S/C13H14ClN3O2S/c14-12-3-1-2-10(7-12)6-11(8-15)9-20(18,19)13-4-5-16-17-13/h1-7H,8-9,15H2,(H,16,17). The zero-order valence-electron chi connectivity index (χ0n) is 10.6. The Morgan fingerprint density at radius 2 is 2.20 bits per heavy atom. The molecule has 0 aliphatic carbocycles. The molecule has 1 heterocycles. The lowest BCUT2D eigenvalue weighted by atomic mass is 10.1. The summed E-state index contributed by atoms with van der Waals surface area (Å²) >= 11 is 5.89. The molecule has 0 radical (unpaired) electrons. The van der Waals surface area contributed by atoms with Crippen LogP contribution in [0, 0.1) is 0 Å². The van der Waals surface area contributed by atoms with Crippen LogP contribution in [0.2, 0.25) is 5.02 Å². The van der Waals surface area contributed by atoms with Gasteiger partial charge in [-0.2, -0.15) is 5.10 Å². The molecule has 0 amide bonds. The Hall–Kier alpha value is -1.63. The van der Waals surface area contributed by atoms with E-state index in [0.717, 1.165) is 5.56 Å². The highest BCUT2D eigenvalue weighted by Gasteiger charge is 2.18. The zero-order chi connectivity index (χ0) is 14.6.